The van der Waals surface area contributed by atoms with Crippen LogP contribution >= 0.6 is 0 Å². The average molecular weight is 278 g/mol. The molecule has 0 aromatic heterocycles. The van der Waals surface area contributed by atoms with Gasteiger partial charge in [0, 0.05) is 0 Å². The van der Waals surface area contributed by atoms with E-state index in [1.54, 1.807) is 13.2 Å². The SMILES string of the molecule is COc1ccc(/C=C/C2=NC(=O)C3C=CC=CC3=N2)cc1. The van der Waals surface area contributed by atoms with Crippen LogP contribution in [0.25, 0.3) is 6.08 Å². The fourth-order valence-corrected chi connectivity index (χ4v) is 2.15. The minimum atomic E-state index is -0.326. The summed E-state index contributed by atoms with van der Waals surface area (Å²) < 4.78 is 5.11. The number of rotatable bonds is 3. The van der Waals surface area contributed by atoms with Gasteiger partial charge in [0.05, 0.1) is 12.8 Å². The van der Waals surface area contributed by atoms with Gasteiger partial charge in [-0.3, -0.25) is 4.79 Å². The van der Waals surface area contributed by atoms with E-state index in [1.807, 2.05) is 54.6 Å². The maximum absolute atomic E-state index is 11.9. The van der Waals surface area contributed by atoms with E-state index in [2.05, 4.69) is 9.98 Å². The quantitative estimate of drug-likeness (QED) is 0.853. The molecule has 3 rings (SSSR count). The Labute approximate surface area is 122 Å². The second-order valence-electron chi connectivity index (χ2n) is 4.67. The lowest BCUT2D eigenvalue weighted by Crippen LogP contribution is -2.26. The van der Waals surface area contributed by atoms with Crippen LogP contribution in [0.5, 0.6) is 5.75 Å². The van der Waals surface area contributed by atoms with Gasteiger partial charge in [0.1, 0.15) is 11.7 Å². The molecule has 0 fully saturated rings. The van der Waals surface area contributed by atoms with Crippen molar-refractivity contribution in [2.45, 2.75) is 0 Å². The largest absolute Gasteiger partial charge is 0.497 e. The van der Waals surface area contributed by atoms with E-state index in [-0.39, 0.29) is 11.8 Å². The molecule has 1 atom stereocenters. The molecule has 21 heavy (non-hydrogen) atoms. The number of hydrogen-bond donors (Lipinski definition) is 0. The maximum Gasteiger partial charge on any atom is 0.260 e. The van der Waals surface area contributed by atoms with Crippen LogP contribution in [0.1, 0.15) is 5.56 Å². The Bertz CT molecular complexity index is 707. The number of methoxy groups -OCH3 is 1. The zero-order chi connectivity index (χ0) is 14.7. The summed E-state index contributed by atoms with van der Waals surface area (Å²) >= 11 is 0. The van der Waals surface area contributed by atoms with Gasteiger partial charge in [-0.1, -0.05) is 36.4 Å². The fraction of sp³-hybridized carbons (Fsp3) is 0.118. The van der Waals surface area contributed by atoms with Crippen LogP contribution in [0.2, 0.25) is 0 Å². The topological polar surface area (TPSA) is 51.0 Å². The lowest BCUT2D eigenvalue weighted by molar-refractivity contribution is -0.118. The number of hydrogen-bond acceptors (Lipinski definition) is 3. The third-order valence-electron chi connectivity index (χ3n) is 3.28. The molecule has 0 spiro atoms. The number of carbonyl (C=O) groups is 1. The molecule has 104 valence electrons. The molecule has 0 radical (unpaired) electrons. The number of allylic oxidation sites excluding steroid dienone is 3. The van der Waals surface area contributed by atoms with Gasteiger partial charge in [0.2, 0.25) is 0 Å². The number of benzene rings is 1. The summed E-state index contributed by atoms with van der Waals surface area (Å²) in [6.07, 6.45) is 11.0. The van der Waals surface area contributed by atoms with Crippen molar-refractivity contribution in [1.82, 2.24) is 0 Å². The summed E-state index contributed by atoms with van der Waals surface area (Å²) in [5.74, 6) is 0.740. The van der Waals surface area contributed by atoms with Gasteiger partial charge in [-0.25, -0.2) is 4.99 Å². The van der Waals surface area contributed by atoms with Crippen molar-refractivity contribution < 1.29 is 9.53 Å². The van der Waals surface area contributed by atoms with Crippen molar-refractivity contribution in [3.63, 3.8) is 0 Å². The molecule has 0 N–H and O–H groups in total. The molecule has 4 nitrogen and oxygen atoms in total. The van der Waals surface area contributed by atoms with Crippen LogP contribution in [0.3, 0.4) is 0 Å². The molecule has 1 heterocycles. The summed E-state index contributed by atoms with van der Waals surface area (Å²) in [5, 5.41) is 0. The fourth-order valence-electron chi connectivity index (χ4n) is 2.15. The lowest BCUT2D eigenvalue weighted by atomic mass is 9.96. The second kappa shape index (κ2) is 5.71. The number of amides is 1. The Morgan fingerprint density at radius 3 is 2.67 bits per heavy atom. The Morgan fingerprint density at radius 2 is 1.90 bits per heavy atom. The van der Waals surface area contributed by atoms with Crippen molar-refractivity contribution in [2.75, 3.05) is 7.11 Å². The van der Waals surface area contributed by atoms with Crippen LogP contribution < -0.4 is 4.74 Å². The van der Waals surface area contributed by atoms with E-state index in [0.717, 1.165) is 17.0 Å². The average Bonchev–Trinajstić information content (AvgIpc) is 2.53. The number of fused-ring (bicyclic) bond motifs is 1. The predicted octanol–water partition coefficient (Wildman–Crippen LogP) is 2.83. The summed E-state index contributed by atoms with van der Waals surface area (Å²) in [4.78, 5) is 20.3. The minimum Gasteiger partial charge on any atom is -0.497 e. The monoisotopic (exact) mass is 278 g/mol. The first kappa shape index (κ1) is 13.2. The smallest absolute Gasteiger partial charge is 0.260 e. The third kappa shape index (κ3) is 2.89. The van der Waals surface area contributed by atoms with E-state index < -0.39 is 0 Å². The van der Waals surface area contributed by atoms with Crippen molar-refractivity contribution in [1.29, 1.82) is 0 Å². The highest BCUT2D eigenvalue weighted by atomic mass is 16.5. The first-order valence-electron chi connectivity index (χ1n) is 6.64. The number of nitrogens with zero attached hydrogens (tertiary/aromatic N) is 2. The molecule has 1 aliphatic heterocycles. The Morgan fingerprint density at radius 1 is 1.10 bits per heavy atom. The van der Waals surface area contributed by atoms with Crippen LogP contribution in [0.15, 0.2) is 64.6 Å². The Balaban J connectivity index is 1.79. The van der Waals surface area contributed by atoms with E-state index in [9.17, 15) is 4.79 Å². The third-order valence-corrected chi connectivity index (χ3v) is 3.28. The number of ether oxygens (including phenoxy) is 1. The highest BCUT2D eigenvalue weighted by Gasteiger charge is 2.25. The van der Waals surface area contributed by atoms with Gasteiger partial charge in [-0.2, -0.15) is 4.99 Å². The number of carbonyl (C=O) groups excluding carboxylic acids is 1. The predicted molar refractivity (Wildman–Crippen MR) is 83.7 cm³/mol. The molecule has 1 aliphatic carbocycles. The van der Waals surface area contributed by atoms with E-state index >= 15 is 0 Å². The molecule has 4 heteroatoms. The molecular weight excluding hydrogens is 264 g/mol. The van der Waals surface area contributed by atoms with Crippen molar-refractivity contribution >= 4 is 23.5 Å². The van der Waals surface area contributed by atoms with Crippen LogP contribution in [0.4, 0.5) is 0 Å². The Hall–Kier alpha value is -2.75. The molecule has 0 saturated heterocycles. The zero-order valence-electron chi connectivity index (χ0n) is 11.6. The minimum absolute atomic E-state index is 0.171. The first-order chi connectivity index (χ1) is 10.3. The molecule has 1 aromatic rings. The van der Waals surface area contributed by atoms with Gasteiger partial charge in [0.25, 0.3) is 5.91 Å². The lowest BCUT2D eigenvalue weighted by Gasteiger charge is -2.16. The molecule has 2 aliphatic rings. The number of aliphatic imine (C=N–C) groups is 2. The maximum atomic E-state index is 11.9. The first-order valence-corrected chi connectivity index (χ1v) is 6.64. The molecular formula is C17H14N2O2. The van der Waals surface area contributed by atoms with Crippen LogP contribution in [-0.2, 0) is 4.79 Å². The normalized spacial score (nSPS) is 20.2. The highest BCUT2D eigenvalue weighted by molar-refractivity contribution is 6.23. The summed E-state index contributed by atoms with van der Waals surface area (Å²) in [6.45, 7) is 0. The van der Waals surface area contributed by atoms with Gasteiger partial charge < -0.3 is 4.74 Å². The van der Waals surface area contributed by atoms with Crippen molar-refractivity contribution in [3.05, 3.63) is 60.2 Å². The van der Waals surface area contributed by atoms with Gasteiger partial charge >= 0.3 is 0 Å². The summed E-state index contributed by atoms with van der Waals surface area (Å²) in [6, 6.07) is 7.62. The Kier molecular flexibility index (Phi) is 3.60. The molecule has 1 aromatic carbocycles. The van der Waals surface area contributed by atoms with E-state index in [1.165, 1.54) is 0 Å². The summed E-state index contributed by atoms with van der Waals surface area (Å²) in [5.41, 5.74) is 1.74. The summed E-state index contributed by atoms with van der Waals surface area (Å²) in [7, 11) is 1.63. The van der Waals surface area contributed by atoms with Crippen LogP contribution in [-0.4, -0.2) is 24.6 Å². The highest BCUT2D eigenvalue weighted by Crippen LogP contribution is 2.17. The number of amidine groups is 1. The molecule has 0 bridgehead atoms. The second-order valence-corrected chi connectivity index (χ2v) is 4.67. The van der Waals surface area contributed by atoms with E-state index in [0.29, 0.717) is 5.84 Å². The van der Waals surface area contributed by atoms with Crippen LogP contribution in [0, 0.1) is 5.92 Å². The zero-order valence-corrected chi connectivity index (χ0v) is 11.6. The van der Waals surface area contributed by atoms with Gasteiger partial charge in [-0.05, 0) is 29.8 Å². The molecule has 1 amide bonds. The van der Waals surface area contributed by atoms with E-state index in [4.69, 9.17) is 4.74 Å². The van der Waals surface area contributed by atoms with Crippen molar-refractivity contribution in [2.24, 2.45) is 15.9 Å². The molecule has 0 saturated carbocycles. The standard InChI is InChI=1S/C17H14N2O2/c1-21-13-9-6-12(7-10-13)8-11-16-18-15-5-3-2-4-14(15)17(20)19-16/h2-11,14H,1H3/b11-8+. The molecule has 1 unspecified atom stereocenters. The van der Waals surface area contributed by atoms with Gasteiger partial charge in [-0.15, -0.1) is 0 Å². The van der Waals surface area contributed by atoms with Crippen molar-refractivity contribution in [3.8, 4) is 5.75 Å². The van der Waals surface area contributed by atoms with Gasteiger partial charge in [0.15, 0.2) is 5.84 Å².